The first kappa shape index (κ1) is 20.9. The van der Waals surface area contributed by atoms with Crippen molar-refractivity contribution < 1.29 is 0 Å². The molecule has 0 N–H and O–H groups in total. The van der Waals surface area contributed by atoms with Gasteiger partial charge < -0.3 is 0 Å². The van der Waals surface area contributed by atoms with Gasteiger partial charge in [0.15, 0.2) is 0 Å². The van der Waals surface area contributed by atoms with Crippen molar-refractivity contribution in [3.05, 3.63) is 105 Å². The Hall–Kier alpha value is -2.64. The molecular formula is C32H29Br. The molecule has 6 rings (SSSR count). The summed E-state index contributed by atoms with van der Waals surface area (Å²) in [5.74, 6) is 0. The molecule has 1 heteroatoms. The Morgan fingerprint density at radius 3 is 1.85 bits per heavy atom. The van der Waals surface area contributed by atoms with E-state index in [0.717, 1.165) is 0 Å². The fraction of sp³-hybridized carbons (Fsp3) is 0.250. The largest absolute Gasteiger partial charge is 0.0619 e. The van der Waals surface area contributed by atoms with Crippen LogP contribution in [0.1, 0.15) is 61.1 Å². The molecule has 0 aliphatic heterocycles. The molecule has 0 amide bonds. The third-order valence-electron chi connectivity index (χ3n) is 8.19. The van der Waals surface area contributed by atoms with E-state index in [9.17, 15) is 0 Å². The summed E-state index contributed by atoms with van der Waals surface area (Å²) in [6.45, 7) is 13.9. The standard InChI is InChI=1S/C32H29Br/c1-18-13-24-25-14-19(2)30(33)17-29(25)32(5,6)28(24)16-23(18)20-11-12-22-21-9-7-8-10-26(21)31(3,4)27(22)15-20/h7-17H,1-6H3. The van der Waals surface area contributed by atoms with E-state index in [-0.39, 0.29) is 10.8 Å². The number of fused-ring (bicyclic) bond motifs is 6. The summed E-state index contributed by atoms with van der Waals surface area (Å²) in [4.78, 5) is 0. The van der Waals surface area contributed by atoms with Gasteiger partial charge in [-0.1, -0.05) is 86.1 Å². The van der Waals surface area contributed by atoms with Crippen LogP contribution in [0.4, 0.5) is 0 Å². The first-order valence-electron chi connectivity index (χ1n) is 11.8. The zero-order valence-electron chi connectivity index (χ0n) is 20.2. The zero-order chi connectivity index (χ0) is 23.3. The molecule has 0 radical (unpaired) electrons. The second-order valence-corrected chi connectivity index (χ2v) is 11.8. The van der Waals surface area contributed by atoms with Gasteiger partial charge in [0.25, 0.3) is 0 Å². The molecule has 0 saturated heterocycles. The van der Waals surface area contributed by atoms with E-state index < -0.39 is 0 Å². The van der Waals surface area contributed by atoms with Crippen molar-refractivity contribution in [1.29, 1.82) is 0 Å². The molecule has 0 fully saturated rings. The van der Waals surface area contributed by atoms with Gasteiger partial charge in [-0.2, -0.15) is 0 Å². The van der Waals surface area contributed by atoms with Crippen LogP contribution in [-0.2, 0) is 10.8 Å². The fourth-order valence-corrected chi connectivity index (χ4v) is 6.54. The van der Waals surface area contributed by atoms with Gasteiger partial charge in [-0.3, -0.25) is 0 Å². The average molecular weight is 493 g/mol. The predicted octanol–water partition coefficient (Wildman–Crippen LogP) is 9.35. The summed E-state index contributed by atoms with van der Waals surface area (Å²) >= 11 is 3.76. The number of hydrogen-bond donors (Lipinski definition) is 0. The van der Waals surface area contributed by atoms with Gasteiger partial charge in [0.1, 0.15) is 0 Å². The highest BCUT2D eigenvalue weighted by Crippen LogP contribution is 2.53. The molecule has 0 atom stereocenters. The lowest BCUT2D eigenvalue weighted by Gasteiger charge is -2.24. The van der Waals surface area contributed by atoms with Crippen LogP contribution in [0.5, 0.6) is 0 Å². The van der Waals surface area contributed by atoms with E-state index in [4.69, 9.17) is 0 Å². The molecule has 4 aromatic carbocycles. The Labute approximate surface area is 205 Å². The average Bonchev–Trinajstić information content (AvgIpc) is 3.13. The second-order valence-electron chi connectivity index (χ2n) is 10.9. The SMILES string of the molecule is Cc1cc2c(cc1Br)C(C)(C)c1cc(-c3ccc4c(c3)C(C)(C)c3ccccc3-4)c(C)cc1-2. The number of aryl methyl sites for hydroxylation is 2. The summed E-state index contributed by atoms with van der Waals surface area (Å²) < 4.78 is 1.19. The molecule has 0 aromatic heterocycles. The van der Waals surface area contributed by atoms with E-state index in [1.54, 1.807) is 0 Å². The van der Waals surface area contributed by atoms with Gasteiger partial charge >= 0.3 is 0 Å². The van der Waals surface area contributed by atoms with Crippen LogP contribution in [-0.4, -0.2) is 0 Å². The minimum Gasteiger partial charge on any atom is -0.0619 e. The Kier molecular flexibility index (Phi) is 4.25. The third kappa shape index (κ3) is 2.75. The Morgan fingerprint density at radius 2 is 1.09 bits per heavy atom. The summed E-state index contributed by atoms with van der Waals surface area (Å²) in [5, 5.41) is 0. The van der Waals surface area contributed by atoms with E-state index >= 15 is 0 Å². The molecule has 164 valence electrons. The van der Waals surface area contributed by atoms with Crippen LogP contribution in [0.2, 0.25) is 0 Å². The van der Waals surface area contributed by atoms with Gasteiger partial charge in [0.2, 0.25) is 0 Å². The highest BCUT2D eigenvalue weighted by atomic mass is 79.9. The quantitative estimate of drug-likeness (QED) is 0.248. The number of hydrogen-bond acceptors (Lipinski definition) is 0. The van der Waals surface area contributed by atoms with Crippen LogP contribution in [0, 0.1) is 13.8 Å². The Balaban J connectivity index is 1.54. The molecule has 0 heterocycles. The molecule has 33 heavy (non-hydrogen) atoms. The molecule has 0 unspecified atom stereocenters. The van der Waals surface area contributed by atoms with Gasteiger partial charge in [-0.25, -0.2) is 0 Å². The van der Waals surface area contributed by atoms with Gasteiger partial charge in [0, 0.05) is 15.3 Å². The van der Waals surface area contributed by atoms with E-state index in [2.05, 4.69) is 124 Å². The molecule has 0 saturated carbocycles. The van der Waals surface area contributed by atoms with E-state index in [1.165, 1.54) is 71.2 Å². The molecule has 2 aliphatic rings. The van der Waals surface area contributed by atoms with E-state index in [1.807, 2.05) is 0 Å². The first-order valence-corrected chi connectivity index (χ1v) is 12.6. The van der Waals surface area contributed by atoms with Crippen molar-refractivity contribution in [2.75, 3.05) is 0 Å². The minimum atomic E-state index is -0.0183. The number of rotatable bonds is 1. The van der Waals surface area contributed by atoms with Gasteiger partial charge in [-0.15, -0.1) is 0 Å². The summed E-state index contributed by atoms with van der Waals surface area (Å²) in [6.07, 6.45) is 0. The number of halogens is 1. The fourth-order valence-electron chi connectivity index (χ4n) is 6.20. The van der Waals surface area contributed by atoms with Crippen LogP contribution in [0.25, 0.3) is 33.4 Å². The minimum absolute atomic E-state index is 0.0183. The van der Waals surface area contributed by atoms with Crippen LogP contribution < -0.4 is 0 Å². The Bertz CT molecular complexity index is 1480. The maximum Gasteiger partial charge on any atom is 0.0207 e. The maximum atomic E-state index is 3.76. The molecule has 2 aliphatic carbocycles. The third-order valence-corrected chi connectivity index (χ3v) is 9.05. The topological polar surface area (TPSA) is 0 Å². The summed E-state index contributed by atoms with van der Waals surface area (Å²) in [6, 6.07) is 25.5. The lowest BCUT2D eigenvalue weighted by Crippen LogP contribution is -2.15. The van der Waals surface area contributed by atoms with Crippen molar-refractivity contribution in [2.24, 2.45) is 0 Å². The molecule has 0 spiro atoms. The maximum absolute atomic E-state index is 3.76. The van der Waals surface area contributed by atoms with Gasteiger partial charge in [-0.05, 0) is 105 Å². The first-order chi connectivity index (χ1) is 15.6. The smallest absolute Gasteiger partial charge is 0.0207 e. The lowest BCUT2D eigenvalue weighted by molar-refractivity contribution is 0.659. The van der Waals surface area contributed by atoms with Crippen molar-refractivity contribution in [3.8, 4) is 33.4 Å². The highest BCUT2D eigenvalue weighted by Gasteiger charge is 2.38. The monoisotopic (exact) mass is 492 g/mol. The molecule has 0 nitrogen and oxygen atoms in total. The Morgan fingerprint density at radius 1 is 0.515 bits per heavy atom. The van der Waals surface area contributed by atoms with Crippen molar-refractivity contribution >= 4 is 15.9 Å². The number of benzene rings is 4. The zero-order valence-corrected chi connectivity index (χ0v) is 21.8. The summed E-state index contributed by atoms with van der Waals surface area (Å²) in [5.41, 5.74) is 16.5. The van der Waals surface area contributed by atoms with Crippen LogP contribution in [0.3, 0.4) is 0 Å². The van der Waals surface area contributed by atoms with Crippen molar-refractivity contribution in [2.45, 2.75) is 52.4 Å². The molecule has 4 aromatic rings. The van der Waals surface area contributed by atoms with Gasteiger partial charge in [0.05, 0.1) is 0 Å². The summed E-state index contributed by atoms with van der Waals surface area (Å²) in [7, 11) is 0. The van der Waals surface area contributed by atoms with Crippen molar-refractivity contribution in [3.63, 3.8) is 0 Å². The van der Waals surface area contributed by atoms with Crippen LogP contribution in [0.15, 0.2) is 71.2 Å². The van der Waals surface area contributed by atoms with Crippen molar-refractivity contribution in [1.82, 2.24) is 0 Å². The second kappa shape index (κ2) is 6.70. The lowest BCUT2D eigenvalue weighted by atomic mass is 9.79. The molecular weight excluding hydrogens is 464 g/mol. The predicted molar refractivity (Wildman–Crippen MR) is 144 cm³/mol. The normalized spacial score (nSPS) is 16.2. The highest BCUT2D eigenvalue weighted by molar-refractivity contribution is 9.10. The molecule has 0 bridgehead atoms. The van der Waals surface area contributed by atoms with Crippen LogP contribution >= 0.6 is 15.9 Å². The van der Waals surface area contributed by atoms with E-state index in [0.29, 0.717) is 0 Å².